The minimum absolute atomic E-state index is 0.0196. The van der Waals surface area contributed by atoms with Crippen LogP contribution in [0.5, 0.6) is 0 Å². The summed E-state index contributed by atoms with van der Waals surface area (Å²) in [6, 6.07) is 5.41. The SMILES string of the molecule is C=CCOC(=O)Nc1cccc(C[C@H](NC(=O)OC(C)(C)C)C(=O)O)c1. The first kappa shape index (κ1) is 21.0. The first-order valence-corrected chi connectivity index (χ1v) is 7.96. The van der Waals surface area contributed by atoms with Gasteiger partial charge in [0.25, 0.3) is 0 Å². The molecule has 0 saturated heterocycles. The number of carboxylic acid groups (broad SMARTS) is 1. The van der Waals surface area contributed by atoms with Gasteiger partial charge in [-0.1, -0.05) is 24.8 Å². The van der Waals surface area contributed by atoms with E-state index in [1.807, 2.05) is 0 Å². The van der Waals surface area contributed by atoms with Crippen molar-refractivity contribution in [2.75, 3.05) is 11.9 Å². The fourth-order valence-electron chi connectivity index (χ4n) is 1.95. The van der Waals surface area contributed by atoms with Gasteiger partial charge < -0.3 is 19.9 Å². The standard InChI is InChI=1S/C18H24N2O6/c1-5-9-25-16(23)19-13-8-6-7-12(10-13)11-14(15(21)22)20-17(24)26-18(2,3)4/h5-8,10,14H,1,9,11H2,2-4H3,(H,19,23)(H,20,24)(H,21,22)/t14-/m0/s1. The van der Waals surface area contributed by atoms with Gasteiger partial charge in [0, 0.05) is 12.1 Å². The second-order valence-corrected chi connectivity index (χ2v) is 6.45. The Labute approximate surface area is 152 Å². The van der Waals surface area contributed by atoms with E-state index in [0.29, 0.717) is 11.3 Å². The van der Waals surface area contributed by atoms with Gasteiger partial charge in [0.1, 0.15) is 18.2 Å². The molecule has 1 atom stereocenters. The van der Waals surface area contributed by atoms with Crippen molar-refractivity contribution in [2.45, 2.75) is 38.8 Å². The maximum absolute atomic E-state index is 11.8. The first-order chi connectivity index (χ1) is 12.1. The van der Waals surface area contributed by atoms with E-state index >= 15 is 0 Å². The fraction of sp³-hybridized carbons (Fsp3) is 0.389. The minimum atomic E-state index is -1.19. The van der Waals surface area contributed by atoms with Crippen LogP contribution in [0.2, 0.25) is 0 Å². The van der Waals surface area contributed by atoms with E-state index in [9.17, 15) is 19.5 Å². The molecule has 26 heavy (non-hydrogen) atoms. The van der Waals surface area contributed by atoms with E-state index in [1.54, 1.807) is 45.0 Å². The molecule has 1 aromatic rings. The van der Waals surface area contributed by atoms with Crippen LogP contribution in [0.25, 0.3) is 0 Å². The van der Waals surface area contributed by atoms with Crippen molar-refractivity contribution in [1.82, 2.24) is 5.32 Å². The summed E-state index contributed by atoms with van der Waals surface area (Å²) in [5, 5.41) is 14.2. The van der Waals surface area contributed by atoms with Crippen LogP contribution in [0, 0.1) is 0 Å². The molecule has 0 fully saturated rings. The van der Waals surface area contributed by atoms with Gasteiger partial charge in [0.2, 0.25) is 0 Å². The highest BCUT2D eigenvalue weighted by Crippen LogP contribution is 2.14. The van der Waals surface area contributed by atoms with Crippen molar-refractivity contribution in [2.24, 2.45) is 0 Å². The Kier molecular flexibility index (Phi) is 7.64. The Balaban J connectivity index is 2.75. The summed E-state index contributed by atoms with van der Waals surface area (Å²) in [6.45, 7) is 8.57. The summed E-state index contributed by atoms with van der Waals surface area (Å²) in [7, 11) is 0. The molecule has 0 aliphatic rings. The predicted octanol–water partition coefficient (Wildman–Crippen LogP) is 2.94. The third kappa shape index (κ3) is 8.18. The van der Waals surface area contributed by atoms with Gasteiger partial charge in [-0.05, 0) is 38.5 Å². The lowest BCUT2D eigenvalue weighted by atomic mass is 10.1. The summed E-state index contributed by atoms with van der Waals surface area (Å²) < 4.78 is 9.89. The minimum Gasteiger partial charge on any atom is -0.480 e. The van der Waals surface area contributed by atoms with Gasteiger partial charge in [0.05, 0.1) is 0 Å². The Bertz CT molecular complexity index is 666. The number of benzene rings is 1. The molecule has 1 aromatic carbocycles. The third-order valence-electron chi connectivity index (χ3n) is 2.93. The first-order valence-electron chi connectivity index (χ1n) is 7.96. The van der Waals surface area contributed by atoms with Crippen molar-refractivity contribution in [3.8, 4) is 0 Å². The second kappa shape index (κ2) is 9.45. The lowest BCUT2D eigenvalue weighted by Crippen LogP contribution is -2.44. The molecule has 8 heteroatoms. The molecular formula is C18H24N2O6. The predicted molar refractivity (Wildman–Crippen MR) is 96.1 cm³/mol. The number of nitrogens with one attached hydrogen (secondary N) is 2. The van der Waals surface area contributed by atoms with Crippen LogP contribution >= 0.6 is 0 Å². The number of anilines is 1. The maximum atomic E-state index is 11.8. The average Bonchev–Trinajstić information content (AvgIpc) is 2.50. The fourth-order valence-corrected chi connectivity index (χ4v) is 1.95. The summed E-state index contributed by atoms with van der Waals surface area (Å²) in [4.78, 5) is 34.8. The normalized spacial score (nSPS) is 11.8. The van der Waals surface area contributed by atoms with E-state index in [4.69, 9.17) is 9.47 Å². The molecule has 8 nitrogen and oxygen atoms in total. The summed E-state index contributed by atoms with van der Waals surface area (Å²) >= 11 is 0. The average molecular weight is 364 g/mol. The van der Waals surface area contributed by atoms with Crippen LogP contribution in [0.3, 0.4) is 0 Å². The highest BCUT2D eigenvalue weighted by atomic mass is 16.6. The lowest BCUT2D eigenvalue weighted by molar-refractivity contribution is -0.139. The zero-order valence-electron chi connectivity index (χ0n) is 15.1. The van der Waals surface area contributed by atoms with Gasteiger partial charge >= 0.3 is 18.2 Å². The van der Waals surface area contributed by atoms with Gasteiger partial charge in [-0.25, -0.2) is 14.4 Å². The van der Waals surface area contributed by atoms with Crippen molar-refractivity contribution < 1.29 is 29.0 Å². The molecule has 0 radical (unpaired) electrons. The Hall–Kier alpha value is -3.03. The molecule has 0 aromatic heterocycles. The number of ether oxygens (including phenoxy) is 2. The number of alkyl carbamates (subject to hydrolysis) is 1. The maximum Gasteiger partial charge on any atom is 0.411 e. The van der Waals surface area contributed by atoms with Gasteiger partial charge in [-0.15, -0.1) is 0 Å². The van der Waals surface area contributed by atoms with Crippen molar-refractivity contribution in [3.63, 3.8) is 0 Å². The van der Waals surface area contributed by atoms with Crippen molar-refractivity contribution in [1.29, 1.82) is 0 Å². The number of carboxylic acids is 1. The molecule has 1 rings (SSSR count). The monoisotopic (exact) mass is 364 g/mol. The summed E-state index contributed by atoms with van der Waals surface area (Å²) in [6.07, 6.45) is -0.00221. The molecular weight excluding hydrogens is 340 g/mol. The summed E-state index contributed by atoms with van der Waals surface area (Å²) in [5.74, 6) is -1.19. The Morgan fingerprint density at radius 1 is 1.27 bits per heavy atom. The van der Waals surface area contributed by atoms with Gasteiger partial charge in [-0.3, -0.25) is 5.32 Å². The summed E-state index contributed by atoms with van der Waals surface area (Å²) in [5.41, 5.74) is 0.316. The number of carbonyl (C=O) groups is 3. The number of rotatable bonds is 7. The van der Waals surface area contributed by atoms with Gasteiger partial charge in [-0.2, -0.15) is 0 Å². The molecule has 3 N–H and O–H groups in total. The molecule has 142 valence electrons. The zero-order chi connectivity index (χ0) is 19.7. The van der Waals surface area contributed by atoms with Crippen LogP contribution in [0.4, 0.5) is 15.3 Å². The van der Waals surface area contributed by atoms with E-state index in [-0.39, 0.29) is 13.0 Å². The largest absolute Gasteiger partial charge is 0.480 e. The second-order valence-electron chi connectivity index (χ2n) is 6.45. The third-order valence-corrected chi connectivity index (χ3v) is 2.93. The van der Waals surface area contributed by atoms with Crippen LogP contribution in [0.15, 0.2) is 36.9 Å². The van der Waals surface area contributed by atoms with E-state index in [1.165, 1.54) is 6.08 Å². The van der Waals surface area contributed by atoms with E-state index in [0.717, 1.165) is 0 Å². The lowest BCUT2D eigenvalue weighted by Gasteiger charge is -2.22. The van der Waals surface area contributed by atoms with Crippen molar-refractivity contribution >= 4 is 23.8 Å². The van der Waals surface area contributed by atoms with Crippen LogP contribution in [0.1, 0.15) is 26.3 Å². The molecule has 0 bridgehead atoms. The number of hydrogen-bond acceptors (Lipinski definition) is 5. The highest BCUT2D eigenvalue weighted by molar-refractivity contribution is 5.85. The van der Waals surface area contributed by atoms with Crippen LogP contribution < -0.4 is 10.6 Å². The van der Waals surface area contributed by atoms with E-state index < -0.39 is 29.8 Å². The molecule has 2 amide bonds. The highest BCUT2D eigenvalue weighted by Gasteiger charge is 2.24. The van der Waals surface area contributed by atoms with Crippen LogP contribution in [-0.4, -0.2) is 41.5 Å². The molecule has 0 unspecified atom stereocenters. The molecule has 0 aliphatic carbocycles. The zero-order valence-corrected chi connectivity index (χ0v) is 15.1. The molecule has 0 saturated carbocycles. The van der Waals surface area contributed by atoms with Crippen LogP contribution in [-0.2, 0) is 20.7 Å². The number of carbonyl (C=O) groups excluding carboxylic acids is 2. The smallest absolute Gasteiger partial charge is 0.411 e. The Morgan fingerprint density at radius 2 is 1.96 bits per heavy atom. The molecule has 0 heterocycles. The van der Waals surface area contributed by atoms with Gasteiger partial charge in [0.15, 0.2) is 0 Å². The quantitative estimate of drug-likeness (QED) is 0.641. The molecule has 0 spiro atoms. The Morgan fingerprint density at radius 3 is 2.54 bits per heavy atom. The van der Waals surface area contributed by atoms with Crippen molar-refractivity contribution in [3.05, 3.63) is 42.5 Å². The number of aliphatic carboxylic acids is 1. The number of amides is 2. The van der Waals surface area contributed by atoms with E-state index in [2.05, 4.69) is 17.2 Å². The molecule has 0 aliphatic heterocycles. The topological polar surface area (TPSA) is 114 Å². The number of hydrogen-bond donors (Lipinski definition) is 3.